The van der Waals surface area contributed by atoms with Crippen LogP contribution < -0.4 is 5.32 Å². The summed E-state index contributed by atoms with van der Waals surface area (Å²) in [7, 11) is 0. The molecule has 6 heteroatoms. The van der Waals surface area contributed by atoms with Crippen LogP contribution in [0.25, 0.3) is 5.70 Å². The molecule has 124 valence electrons. The quantitative estimate of drug-likeness (QED) is 0.410. The Hall–Kier alpha value is -2.20. The number of nitrogens with zero attached hydrogens (tertiary/aromatic N) is 1. The monoisotopic (exact) mass is 318 g/mol. The van der Waals surface area contributed by atoms with Crippen molar-refractivity contribution in [3.05, 3.63) is 41.0 Å². The maximum absolute atomic E-state index is 10.6. The van der Waals surface area contributed by atoms with Gasteiger partial charge in [-0.05, 0) is 38.0 Å². The zero-order valence-electron chi connectivity index (χ0n) is 13.6. The van der Waals surface area contributed by atoms with Crippen LogP contribution in [-0.4, -0.2) is 31.2 Å². The van der Waals surface area contributed by atoms with Gasteiger partial charge in [-0.15, -0.1) is 0 Å². The maximum Gasteiger partial charge on any atom is 0.309 e. The van der Waals surface area contributed by atoms with Gasteiger partial charge < -0.3 is 24.7 Å². The predicted molar refractivity (Wildman–Crippen MR) is 86.0 cm³/mol. The van der Waals surface area contributed by atoms with Gasteiger partial charge in [0, 0.05) is 24.9 Å². The number of allylic oxidation sites excluding steroid dienone is 1. The average molecular weight is 318 g/mol. The maximum atomic E-state index is 10.6. The minimum Gasteiger partial charge on any atom is -0.377 e. The van der Waals surface area contributed by atoms with Crippen molar-refractivity contribution in [2.75, 3.05) is 19.8 Å². The number of carbonyl (C=O) groups excluding carboxylic acids is 1. The van der Waals surface area contributed by atoms with Crippen molar-refractivity contribution in [3.8, 4) is 6.07 Å². The van der Waals surface area contributed by atoms with Crippen molar-refractivity contribution < 1.29 is 19.4 Å². The van der Waals surface area contributed by atoms with Crippen molar-refractivity contribution >= 4 is 12.0 Å². The van der Waals surface area contributed by atoms with Gasteiger partial charge in [-0.2, -0.15) is 5.26 Å². The van der Waals surface area contributed by atoms with Gasteiger partial charge in [0.05, 0.1) is 18.3 Å². The first-order chi connectivity index (χ1) is 11.0. The summed E-state index contributed by atoms with van der Waals surface area (Å²) in [6.45, 7) is 6.04. The van der Waals surface area contributed by atoms with E-state index in [9.17, 15) is 9.90 Å². The third-order valence-electron chi connectivity index (χ3n) is 3.14. The zero-order valence-corrected chi connectivity index (χ0v) is 13.6. The third kappa shape index (κ3) is 4.89. The SMILES string of the molecule is CCOC(O)(OCC)c1ccc(/C(=C/C#N)NCC=O)cc1C. The lowest BCUT2D eigenvalue weighted by atomic mass is 10.0. The molecule has 0 atom stereocenters. The van der Waals surface area contributed by atoms with E-state index in [0.717, 1.165) is 17.4 Å². The number of carbonyl (C=O) groups is 1. The highest BCUT2D eigenvalue weighted by molar-refractivity contribution is 5.69. The molecule has 2 N–H and O–H groups in total. The fraction of sp³-hybridized carbons (Fsp3) is 0.412. The molecule has 0 amide bonds. The molecular formula is C17H22N2O4. The molecule has 6 nitrogen and oxygen atoms in total. The van der Waals surface area contributed by atoms with Crippen molar-refractivity contribution in [3.63, 3.8) is 0 Å². The minimum atomic E-state index is -1.80. The first-order valence-electron chi connectivity index (χ1n) is 7.41. The number of rotatable bonds is 9. The van der Waals surface area contributed by atoms with Crippen LogP contribution in [0.3, 0.4) is 0 Å². The van der Waals surface area contributed by atoms with E-state index in [1.54, 1.807) is 32.0 Å². The largest absolute Gasteiger partial charge is 0.377 e. The fourth-order valence-corrected chi connectivity index (χ4v) is 2.23. The topological polar surface area (TPSA) is 91.6 Å². The molecule has 0 heterocycles. The molecule has 0 aliphatic rings. The molecule has 1 aromatic carbocycles. The summed E-state index contributed by atoms with van der Waals surface area (Å²) in [4.78, 5) is 10.5. The summed E-state index contributed by atoms with van der Waals surface area (Å²) in [6, 6.07) is 7.14. The van der Waals surface area contributed by atoms with Crippen LogP contribution in [0.4, 0.5) is 0 Å². The number of hydrogen-bond donors (Lipinski definition) is 2. The van der Waals surface area contributed by atoms with Crippen LogP contribution in [0.15, 0.2) is 24.3 Å². The van der Waals surface area contributed by atoms with E-state index in [1.807, 2.05) is 13.0 Å². The van der Waals surface area contributed by atoms with E-state index >= 15 is 0 Å². The van der Waals surface area contributed by atoms with Gasteiger partial charge in [-0.25, -0.2) is 0 Å². The van der Waals surface area contributed by atoms with Crippen LogP contribution in [0.2, 0.25) is 0 Å². The van der Waals surface area contributed by atoms with Gasteiger partial charge in [-0.1, -0.05) is 12.1 Å². The lowest BCUT2D eigenvalue weighted by Crippen LogP contribution is -2.34. The average Bonchev–Trinajstić information content (AvgIpc) is 2.51. The van der Waals surface area contributed by atoms with E-state index in [4.69, 9.17) is 14.7 Å². The summed E-state index contributed by atoms with van der Waals surface area (Å²) >= 11 is 0. The Labute approximate surface area is 136 Å². The van der Waals surface area contributed by atoms with E-state index in [2.05, 4.69) is 5.32 Å². The second-order valence-corrected chi connectivity index (χ2v) is 4.71. The summed E-state index contributed by atoms with van der Waals surface area (Å²) in [5.41, 5.74) is 2.50. The number of aldehydes is 1. The Bertz CT molecular complexity index is 599. The molecule has 1 aromatic rings. The lowest BCUT2D eigenvalue weighted by molar-refractivity contribution is -0.370. The van der Waals surface area contributed by atoms with Crippen molar-refractivity contribution in [1.29, 1.82) is 5.26 Å². The van der Waals surface area contributed by atoms with Gasteiger partial charge in [-0.3, -0.25) is 0 Å². The molecule has 23 heavy (non-hydrogen) atoms. The van der Waals surface area contributed by atoms with Crippen molar-refractivity contribution in [2.24, 2.45) is 0 Å². The number of ether oxygens (including phenoxy) is 2. The summed E-state index contributed by atoms with van der Waals surface area (Å²) in [5.74, 6) is -1.80. The van der Waals surface area contributed by atoms with E-state index < -0.39 is 5.97 Å². The highest BCUT2D eigenvalue weighted by Crippen LogP contribution is 2.29. The molecular weight excluding hydrogens is 296 g/mol. The fourth-order valence-electron chi connectivity index (χ4n) is 2.23. The summed E-state index contributed by atoms with van der Waals surface area (Å²) in [6.07, 6.45) is 2.05. The molecule has 0 saturated carbocycles. The first kappa shape index (κ1) is 18.8. The Morgan fingerprint density at radius 1 is 1.39 bits per heavy atom. The van der Waals surface area contributed by atoms with Gasteiger partial charge in [0.15, 0.2) is 0 Å². The Morgan fingerprint density at radius 3 is 2.52 bits per heavy atom. The number of aliphatic hydroxyl groups is 1. The van der Waals surface area contributed by atoms with E-state index in [-0.39, 0.29) is 19.8 Å². The Balaban J connectivity index is 3.20. The normalized spacial score (nSPS) is 11.9. The third-order valence-corrected chi connectivity index (χ3v) is 3.14. The molecule has 0 aromatic heterocycles. The smallest absolute Gasteiger partial charge is 0.309 e. The number of nitrogens with one attached hydrogen (secondary N) is 1. The first-order valence-corrected chi connectivity index (χ1v) is 7.41. The number of benzene rings is 1. The van der Waals surface area contributed by atoms with E-state index in [0.29, 0.717) is 11.3 Å². The molecule has 0 aliphatic carbocycles. The Morgan fingerprint density at radius 2 is 2.04 bits per heavy atom. The van der Waals surface area contributed by atoms with Gasteiger partial charge >= 0.3 is 5.97 Å². The van der Waals surface area contributed by atoms with Crippen molar-refractivity contribution in [2.45, 2.75) is 26.7 Å². The highest BCUT2D eigenvalue weighted by Gasteiger charge is 2.32. The molecule has 0 fully saturated rings. The van der Waals surface area contributed by atoms with Gasteiger partial charge in [0.2, 0.25) is 0 Å². The van der Waals surface area contributed by atoms with E-state index in [1.165, 1.54) is 6.08 Å². The Kier molecular flexibility index (Phi) is 7.42. The molecule has 0 spiro atoms. The standard InChI is InChI=1S/C17H22N2O4/c1-4-22-17(21,23-5-2)15-7-6-14(12-13(15)3)16(8-9-18)19-10-11-20/h6-8,11-12,19,21H,4-5,10H2,1-3H3/b16-8-. The molecule has 0 saturated heterocycles. The van der Waals surface area contributed by atoms with Crippen LogP contribution in [-0.2, 0) is 20.2 Å². The summed E-state index contributed by atoms with van der Waals surface area (Å²) in [5, 5.41) is 22.3. The van der Waals surface area contributed by atoms with Crippen LogP contribution in [0.1, 0.15) is 30.5 Å². The molecule has 0 bridgehead atoms. The lowest BCUT2D eigenvalue weighted by Gasteiger charge is -2.29. The van der Waals surface area contributed by atoms with Gasteiger partial charge in [0.25, 0.3) is 0 Å². The second kappa shape index (κ2) is 9.06. The number of nitriles is 1. The van der Waals surface area contributed by atoms with Crippen LogP contribution in [0, 0.1) is 18.3 Å². The van der Waals surface area contributed by atoms with Crippen LogP contribution >= 0.6 is 0 Å². The minimum absolute atomic E-state index is 0.107. The predicted octanol–water partition coefficient (Wildman–Crippen LogP) is 1.82. The highest BCUT2D eigenvalue weighted by atomic mass is 16.8. The van der Waals surface area contributed by atoms with Gasteiger partial charge in [0.1, 0.15) is 6.29 Å². The molecule has 1 rings (SSSR count). The number of hydrogen-bond acceptors (Lipinski definition) is 6. The summed E-state index contributed by atoms with van der Waals surface area (Å²) < 4.78 is 10.7. The second-order valence-electron chi connectivity index (χ2n) is 4.71. The van der Waals surface area contributed by atoms with Crippen LogP contribution in [0.5, 0.6) is 0 Å². The number of aryl methyl sites for hydroxylation is 1. The molecule has 0 unspecified atom stereocenters. The molecule has 0 radical (unpaired) electrons. The zero-order chi connectivity index (χ0) is 17.3. The van der Waals surface area contributed by atoms with Crippen molar-refractivity contribution in [1.82, 2.24) is 5.32 Å². The molecule has 0 aliphatic heterocycles.